The molecular weight excluding hydrogens is 498 g/mol. The lowest BCUT2D eigenvalue weighted by Crippen LogP contribution is -2.32. The van der Waals surface area contributed by atoms with Gasteiger partial charge in [-0.05, 0) is 89.0 Å². The molecule has 0 amide bonds. The number of benzene rings is 1. The number of nitrogens with one attached hydrogen (secondary N) is 2. The fraction of sp³-hybridized carbons (Fsp3) is 0.464. The lowest BCUT2D eigenvalue weighted by Gasteiger charge is -2.29. The van der Waals surface area contributed by atoms with Crippen LogP contribution < -0.4 is 10.6 Å². The highest BCUT2D eigenvalue weighted by Gasteiger charge is 2.17. The molecule has 0 aliphatic carbocycles. The minimum Gasteiger partial charge on any atom is -0.344 e. The molecule has 0 fully saturated rings. The van der Waals surface area contributed by atoms with Gasteiger partial charge in [-0.15, -0.1) is 11.3 Å². The van der Waals surface area contributed by atoms with Crippen molar-refractivity contribution in [2.45, 2.75) is 70.9 Å². The first-order valence-corrected chi connectivity index (χ1v) is 14.8. The Morgan fingerprint density at radius 1 is 1.14 bits per heavy atom. The fourth-order valence-corrected chi connectivity index (χ4v) is 5.45. The van der Waals surface area contributed by atoms with Gasteiger partial charge >= 0.3 is 0 Å². The van der Waals surface area contributed by atoms with Gasteiger partial charge < -0.3 is 10.6 Å². The zero-order valence-electron chi connectivity index (χ0n) is 22.8. The van der Waals surface area contributed by atoms with Crippen molar-refractivity contribution in [3.05, 3.63) is 64.9 Å². The highest BCUT2D eigenvalue weighted by molar-refractivity contribution is 7.97. The molecule has 0 saturated carbocycles. The zero-order valence-corrected chi connectivity index (χ0v) is 24.4. The molecule has 1 aromatic carbocycles. The molecule has 9 heteroatoms. The molecule has 7 nitrogen and oxygen atoms in total. The molecule has 3 aromatic rings. The third-order valence-electron chi connectivity index (χ3n) is 6.23. The summed E-state index contributed by atoms with van der Waals surface area (Å²) in [4.78, 5) is 17.2. The normalized spacial score (nSPS) is 12.8. The van der Waals surface area contributed by atoms with Crippen molar-refractivity contribution >= 4 is 40.7 Å². The van der Waals surface area contributed by atoms with E-state index in [1.165, 1.54) is 23.4 Å². The smallest absolute Gasteiger partial charge is 0.229 e. The van der Waals surface area contributed by atoms with Gasteiger partial charge in [0.2, 0.25) is 5.95 Å². The Hall–Kier alpha value is -2.46. The number of rotatable bonds is 16. The first-order chi connectivity index (χ1) is 18.0. The molecule has 2 aromatic heterocycles. The van der Waals surface area contributed by atoms with E-state index in [4.69, 9.17) is 0 Å². The lowest BCUT2D eigenvalue weighted by molar-refractivity contribution is 0.228. The zero-order chi connectivity index (χ0) is 26.5. The maximum Gasteiger partial charge on any atom is 0.229 e. The van der Waals surface area contributed by atoms with E-state index in [1.807, 2.05) is 31.5 Å². The van der Waals surface area contributed by atoms with Crippen LogP contribution in [0.4, 0.5) is 17.5 Å². The van der Waals surface area contributed by atoms with Crippen molar-refractivity contribution < 1.29 is 0 Å². The number of hydrogen-bond acceptors (Lipinski definition) is 9. The summed E-state index contributed by atoms with van der Waals surface area (Å²) in [5.41, 5.74) is 5.13. The van der Waals surface area contributed by atoms with Gasteiger partial charge in [0, 0.05) is 47.0 Å². The van der Waals surface area contributed by atoms with Crippen LogP contribution in [0.3, 0.4) is 0 Å². The van der Waals surface area contributed by atoms with Crippen LogP contribution >= 0.6 is 23.3 Å². The van der Waals surface area contributed by atoms with Gasteiger partial charge in [-0.1, -0.05) is 26.3 Å². The molecule has 0 radical (unpaired) electrons. The van der Waals surface area contributed by atoms with Crippen molar-refractivity contribution in [2.24, 2.45) is 0 Å². The third-order valence-corrected chi connectivity index (χ3v) is 7.94. The summed E-state index contributed by atoms with van der Waals surface area (Å²) in [6.45, 7) is 11.7. The Balaban J connectivity index is 1.53. The highest BCUT2D eigenvalue weighted by Crippen LogP contribution is 2.27. The first-order valence-electron chi connectivity index (χ1n) is 13.1. The summed E-state index contributed by atoms with van der Waals surface area (Å²) in [7, 11) is 2.21. The molecule has 3 rings (SSSR count). The van der Waals surface area contributed by atoms with Crippen LogP contribution in [0.5, 0.6) is 0 Å². The quantitative estimate of drug-likeness (QED) is 0.182. The fourth-order valence-electron chi connectivity index (χ4n) is 3.90. The van der Waals surface area contributed by atoms with E-state index in [9.17, 15) is 0 Å². The van der Waals surface area contributed by atoms with Crippen LogP contribution in [0.2, 0.25) is 0 Å². The molecule has 1 unspecified atom stereocenters. The molecule has 1 atom stereocenters. The summed E-state index contributed by atoms with van der Waals surface area (Å²) in [5.74, 6) is 1.34. The molecule has 0 bridgehead atoms. The Labute approximate surface area is 231 Å². The maximum atomic E-state index is 4.54. The summed E-state index contributed by atoms with van der Waals surface area (Å²) in [6.07, 6.45) is 8.47. The second-order valence-electron chi connectivity index (χ2n) is 9.11. The molecule has 37 heavy (non-hydrogen) atoms. The number of hydrogen-bond donors (Lipinski definition) is 2. The Morgan fingerprint density at radius 3 is 2.62 bits per heavy atom. The standard InChI is InChI=1S/C28H41N7S2/c1-6-9-17-35(19-24-20-36-21-30-24)18-15-25(8-3)34(5)37-26-12-10-23(11-13-26)32-28-29-16-14-27(33-28)31-22(4)7-2/h7,10-14,16,20-21,25H,6,8-9,15,17-19H2,1-5H3,(H2,29,31,32,33)/b22-7+. The summed E-state index contributed by atoms with van der Waals surface area (Å²) in [5, 5.41) is 8.73. The van der Waals surface area contributed by atoms with E-state index >= 15 is 0 Å². The number of unbranched alkanes of at least 4 members (excludes halogenated alkanes) is 1. The van der Waals surface area contributed by atoms with Crippen LogP contribution in [0.1, 0.15) is 59.1 Å². The van der Waals surface area contributed by atoms with Crippen molar-refractivity contribution in [3.63, 3.8) is 0 Å². The molecule has 2 heterocycles. The monoisotopic (exact) mass is 539 g/mol. The molecule has 0 aliphatic rings. The topological polar surface area (TPSA) is 69.2 Å². The SMILES string of the molecule is C/C=C(\C)Nc1ccnc(Nc2ccc(SN(C)C(CC)CCN(CCCC)Cc3cscn3)cc2)n1. The Morgan fingerprint density at radius 2 is 1.95 bits per heavy atom. The minimum atomic E-state index is 0.506. The summed E-state index contributed by atoms with van der Waals surface area (Å²) in [6, 6.07) is 10.8. The van der Waals surface area contributed by atoms with Crippen molar-refractivity contribution in [1.82, 2.24) is 24.2 Å². The van der Waals surface area contributed by atoms with Gasteiger partial charge in [0.25, 0.3) is 0 Å². The third kappa shape index (κ3) is 10.1. The average molecular weight is 540 g/mol. The van der Waals surface area contributed by atoms with E-state index in [2.05, 4.69) is 85.3 Å². The van der Waals surface area contributed by atoms with Gasteiger partial charge in [-0.25, -0.2) is 14.3 Å². The molecule has 0 aliphatic heterocycles. The molecule has 2 N–H and O–H groups in total. The van der Waals surface area contributed by atoms with E-state index in [0.717, 1.165) is 49.7 Å². The lowest BCUT2D eigenvalue weighted by atomic mass is 10.1. The molecule has 200 valence electrons. The average Bonchev–Trinajstić information content (AvgIpc) is 3.42. The Bertz CT molecular complexity index is 1070. The van der Waals surface area contributed by atoms with Crippen molar-refractivity contribution in [1.29, 1.82) is 0 Å². The predicted octanol–water partition coefficient (Wildman–Crippen LogP) is 7.42. The van der Waals surface area contributed by atoms with Gasteiger partial charge in [0.1, 0.15) is 5.82 Å². The van der Waals surface area contributed by atoms with Gasteiger partial charge in [-0.3, -0.25) is 4.90 Å². The maximum absolute atomic E-state index is 4.54. The second kappa shape index (κ2) is 15.7. The van der Waals surface area contributed by atoms with E-state index in [1.54, 1.807) is 29.5 Å². The number of nitrogens with zero attached hydrogens (tertiary/aromatic N) is 5. The number of allylic oxidation sites excluding steroid dienone is 2. The van der Waals surface area contributed by atoms with Crippen LogP contribution in [0, 0.1) is 0 Å². The first kappa shape index (κ1) is 29.1. The predicted molar refractivity (Wildman–Crippen MR) is 159 cm³/mol. The van der Waals surface area contributed by atoms with E-state index in [-0.39, 0.29) is 0 Å². The van der Waals surface area contributed by atoms with Crippen LogP contribution in [-0.4, -0.2) is 50.3 Å². The largest absolute Gasteiger partial charge is 0.344 e. The number of aromatic nitrogens is 3. The van der Waals surface area contributed by atoms with Gasteiger partial charge in [0.05, 0.1) is 11.2 Å². The number of thiazole rings is 1. The van der Waals surface area contributed by atoms with Gasteiger partial charge in [0.15, 0.2) is 0 Å². The highest BCUT2D eigenvalue weighted by atomic mass is 32.2. The molecule has 0 spiro atoms. The molecular formula is C28H41N7S2. The molecule has 0 saturated heterocycles. The Kier molecular flexibility index (Phi) is 12.4. The number of anilines is 3. The van der Waals surface area contributed by atoms with E-state index < -0.39 is 0 Å². The minimum absolute atomic E-state index is 0.506. The van der Waals surface area contributed by atoms with Gasteiger partial charge in [-0.2, -0.15) is 4.98 Å². The summed E-state index contributed by atoms with van der Waals surface area (Å²) >= 11 is 3.49. The van der Waals surface area contributed by atoms with Crippen molar-refractivity contribution in [3.8, 4) is 0 Å². The van der Waals surface area contributed by atoms with E-state index in [0.29, 0.717) is 12.0 Å². The summed E-state index contributed by atoms with van der Waals surface area (Å²) < 4.78 is 2.41. The van der Waals surface area contributed by atoms with Crippen LogP contribution in [-0.2, 0) is 6.54 Å². The van der Waals surface area contributed by atoms with Crippen LogP contribution in [0.15, 0.2) is 64.1 Å². The second-order valence-corrected chi connectivity index (χ2v) is 11.1. The van der Waals surface area contributed by atoms with Crippen LogP contribution in [0.25, 0.3) is 0 Å². The van der Waals surface area contributed by atoms with Crippen molar-refractivity contribution in [2.75, 3.05) is 30.8 Å².